The number of halogens is 3. The molecule has 1 unspecified atom stereocenters. The molecule has 11 heteroatoms. The number of nitrogens with two attached hydrogens (primary N) is 2. The van der Waals surface area contributed by atoms with E-state index in [9.17, 15) is 21.6 Å². The van der Waals surface area contributed by atoms with Crippen molar-refractivity contribution in [3.63, 3.8) is 0 Å². The maximum absolute atomic E-state index is 12.6. The highest BCUT2D eigenvalue weighted by Crippen LogP contribution is 2.26. The zero-order valence-electron chi connectivity index (χ0n) is 14.8. The van der Waals surface area contributed by atoms with Crippen LogP contribution in [0.5, 0.6) is 5.75 Å². The Bertz CT molecular complexity index is 864. The topological polar surface area (TPSA) is 120 Å². The number of ether oxygens (including phenoxy) is 1. The van der Waals surface area contributed by atoms with Crippen LogP contribution < -0.4 is 16.2 Å². The standard InChI is InChI=1S/C16H21F3N4O3S/c1-9(2)27(24,25)8-10(20)7-26-11-3-4-12(13(21)5-11)15-22-6-14(23-15)16(17,18)19/h3-5,9-10H,6-8,20-21H2,1-2H3. The minimum Gasteiger partial charge on any atom is -0.492 e. The molecule has 1 atom stereocenters. The van der Waals surface area contributed by atoms with Crippen LogP contribution >= 0.6 is 0 Å². The zero-order valence-corrected chi connectivity index (χ0v) is 15.6. The van der Waals surface area contributed by atoms with Crippen molar-refractivity contribution in [2.24, 2.45) is 15.7 Å². The summed E-state index contributed by atoms with van der Waals surface area (Å²) in [6.07, 6.45) is -4.53. The molecule has 0 bridgehead atoms. The van der Waals surface area contributed by atoms with Crippen LogP contribution in [-0.4, -0.2) is 56.3 Å². The highest BCUT2D eigenvalue weighted by Gasteiger charge is 2.38. The largest absolute Gasteiger partial charge is 0.492 e. The first kappa shape index (κ1) is 21.2. The van der Waals surface area contributed by atoms with Crippen molar-refractivity contribution in [2.75, 3.05) is 24.6 Å². The van der Waals surface area contributed by atoms with Gasteiger partial charge in [-0.1, -0.05) is 0 Å². The van der Waals surface area contributed by atoms with Crippen LogP contribution in [0.4, 0.5) is 18.9 Å². The van der Waals surface area contributed by atoms with Crippen molar-refractivity contribution in [2.45, 2.75) is 31.3 Å². The van der Waals surface area contributed by atoms with E-state index in [0.29, 0.717) is 5.75 Å². The second kappa shape index (κ2) is 7.85. The van der Waals surface area contributed by atoms with Gasteiger partial charge in [0.25, 0.3) is 0 Å². The van der Waals surface area contributed by atoms with Crippen molar-refractivity contribution in [1.29, 1.82) is 0 Å². The van der Waals surface area contributed by atoms with E-state index in [1.807, 2.05) is 0 Å². The Kier molecular flexibility index (Phi) is 6.15. The van der Waals surface area contributed by atoms with Crippen molar-refractivity contribution in [3.05, 3.63) is 23.8 Å². The maximum Gasteiger partial charge on any atom is 0.431 e. The highest BCUT2D eigenvalue weighted by atomic mass is 32.2. The number of alkyl halides is 3. The molecule has 1 aliphatic heterocycles. The number of hydrogen-bond acceptors (Lipinski definition) is 7. The molecule has 2 rings (SSSR count). The predicted molar refractivity (Wildman–Crippen MR) is 98.1 cm³/mol. The molecule has 150 valence electrons. The van der Waals surface area contributed by atoms with E-state index < -0.39 is 39.6 Å². The molecule has 0 radical (unpaired) electrons. The molecule has 7 nitrogen and oxygen atoms in total. The number of anilines is 1. The Balaban J connectivity index is 2.03. The van der Waals surface area contributed by atoms with E-state index in [2.05, 4.69) is 9.98 Å². The summed E-state index contributed by atoms with van der Waals surface area (Å²) in [5.41, 5.74) is 11.1. The van der Waals surface area contributed by atoms with Gasteiger partial charge in [0.15, 0.2) is 15.7 Å². The molecule has 27 heavy (non-hydrogen) atoms. The van der Waals surface area contributed by atoms with E-state index in [-0.39, 0.29) is 29.4 Å². The van der Waals surface area contributed by atoms with Crippen LogP contribution in [0.15, 0.2) is 28.2 Å². The number of amidine groups is 1. The van der Waals surface area contributed by atoms with Crippen molar-refractivity contribution in [1.82, 2.24) is 0 Å². The first-order valence-corrected chi connectivity index (χ1v) is 9.80. The van der Waals surface area contributed by atoms with E-state index in [0.717, 1.165) is 0 Å². The van der Waals surface area contributed by atoms with E-state index in [1.165, 1.54) is 18.2 Å². The van der Waals surface area contributed by atoms with Crippen LogP contribution in [-0.2, 0) is 9.84 Å². The Labute approximate surface area is 155 Å². The molecule has 1 aromatic carbocycles. The van der Waals surface area contributed by atoms with Crippen molar-refractivity contribution < 1.29 is 26.3 Å². The summed E-state index contributed by atoms with van der Waals surface area (Å²) in [7, 11) is -3.30. The fraction of sp³-hybridized carbons (Fsp3) is 0.500. The third-order valence-electron chi connectivity index (χ3n) is 3.84. The monoisotopic (exact) mass is 406 g/mol. The van der Waals surface area contributed by atoms with Gasteiger partial charge < -0.3 is 16.2 Å². The predicted octanol–water partition coefficient (Wildman–Crippen LogP) is 1.56. The Hall–Kier alpha value is -2.14. The smallest absolute Gasteiger partial charge is 0.431 e. The van der Waals surface area contributed by atoms with Gasteiger partial charge in [-0.2, -0.15) is 13.2 Å². The molecule has 0 aliphatic carbocycles. The second-order valence-corrected chi connectivity index (χ2v) is 9.00. The van der Waals surface area contributed by atoms with Gasteiger partial charge in [-0.15, -0.1) is 0 Å². The zero-order chi connectivity index (χ0) is 20.4. The van der Waals surface area contributed by atoms with Crippen molar-refractivity contribution in [3.8, 4) is 5.75 Å². The molecule has 1 aromatic rings. The van der Waals surface area contributed by atoms with Gasteiger partial charge in [0, 0.05) is 17.3 Å². The summed E-state index contributed by atoms with van der Waals surface area (Å²) in [4.78, 5) is 7.25. The Morgan fingerprint density at radius 3 is 2.48 bits per heavy atom. The summed E-state index contributed by atoms with van der Waals surface area (Å²) in [5.74, 6) is 0.00243. The average Bonchev–Trinajstić information content (AvgIpc) is 3.02. The molecule has 0 spiro atoms. The number of aliphatic imine (C=N–C) groups is 2. The summed E-state index contributed by atoms with van der Waals surface area (Å²) in [6.45, 7) is 2.54. The highest BCUT2D eigenvalue weighted by molar-refractivity contribution is 7.92. The summed E-state index contributed by atoms with van der Waals surface area (Å²) >= 11 is 0. The van der Waals surface area contributed by atoms with Crippen molar-refractivity contribution >= 4 is 27.1 Å². The molecule has 0 amide bonds. The van der Waals surface area contributed by atoms with E-state index in [1.54, 1.807) is 13.8 Å². The first-order chi connectivity index (χ1) is 12.4. The number of sulfone groups is 1. The number of nitrogen functional groups attached to an aromatic ring is 1. The molecule has 0 saturated heterocycles. The third-order valence-corrected chi connectivity index (χ3v) is 6.17. The SMILES string of the molecule is CC(C)S(=O)(=O)CC(N)COc1ccc(C2=NCC(C(F)(F)F)=N2)c(N)c1. The van der Waals surface area contributed by atoms with E-state index in [4.69, 9.17) is 16.2 Å². The maximum atomic E-state index is 12.6. The Morgan fingerprint density at radius 1 is 1.30 bits per heavy atom. The molecule has 0 fully saturated rings. The van der Waals surface area contributed by atoms with Crippen LogP contribution in [0.3, 0.4) is 0 Å². The minimum absolute atomic E-state index is 0.0535. The van der Waals surface area contributed by atoms with Gasteiger partial charge in [0.1, 0.15) is 18.1 Å². The number of rotatable bonds is 7. The lowest BCUT2D eigenvalue weighted by Crippen LogP contribution is -2.37. The average molecular weight is 406 g/mol. The minimum atomic E-state index is -4.53. The van der Waals surface area contributed by atoms with Gasteiger partial charge in [0.05, 0.1) is 23.6 Å². The molecule has 0 aromatic heterocycles. The quantitative estimate of drug-likeness (QED) is 0.666. The van der Waals surface area contributed by atoms with Crippen LogP contribution in [0, 0.1) is 0 Å². The first-order valence-electron chi connectivity index (χ1n) is 8.09. The van der Waals surface area contributed by atoms with E-state index >= 15 is 0 Å². The Morgan fingerprint density at radius 2 is 1.96 bits per heavy atom. The fourth-order valence-electron chi connectivity index (χ4n) is 2.22. The van der Waals surface area contributed by atoms with Gasteiger partial charge in [-0.05, 0) is 26.0 Å². The lowest BCUT2D eigenvalue weighted by molar-refractivity contribution is -0.0592. The molecule has 1 heterocycles. The number of benzene rings is 1. The molecular formula is C16H21F3N4O3S. The number of hydrogen-bond donors (Lipinski definition) is 2. The lowest BCUT2D eigenvalue weighted by Gasteiger charge is -2.16. The lowest BCUT2D eigenvalue weighted by atomic mass is 10.1. The van der Waals surface area contributed by atoms with Crippen LogP contribution in [0.25, 0.3) is 0 Å². The molecule has 0 saturated carbocycles. The van der Waals surface area contributed by atoms with Gasteiger partial charge >= 0.3 is 6.18 Å². The third kappa shape index (κ3) is 5.42. The number of nitrogens with zero attached hydrogens (tertiary/aromatic N) is 2. The van der Waals surface area contributed by atoms with Gasteiger partial charge in [0.2, 0.25) is 0 Å². The molecular weight excluding hydrogens is 385 g/mol. The summed E-state index contributed by atoms with van der Waals surface area (Å²) < 4.78 is 67.1. The molecule has 4 N–H and O–H groups in total. The summed E-state index contributed by atoms with van der Waals surface area (Å²) in [6, 6.07) is 3.61. The van der Waals surface area contributed by atoms with Crippen LogP contribution in [0.2, 0.25) is 0 Å². The van der Waals surface area contributed by atoms with Gasteiger partial charge in [-0.25, -0.2) is 13.4 Å². The fourth-order valence-corrected chi connectivity index (χ4v) is 3.30. The summed E-state index contributed by atoms with van der Waals surface area (Å²) in [5, 5.41) is -0.534. The van der Waals surface area contributed by atoms with Crippen LogP contribution in [0.1, 0.15) is 19.4 Å². The van der Waals surface area contributed by atoms with Gasteiger partial charge in [-0.3, -0.25) is 4.99 Å². The molecule has 1 aliphatic rings. The second-order valence-electron chi connectivity index (χ2n) is 6.39. The normalized spacial score (nSPS) is 16.3.